The summed E-state index contributed by atoms with van der Waals surface area (Å²) in [6.07, 6.45) is 4.78. The highest BCUT2D eigenvalue weighted by Gasteiger charge is 2.24. The molecule has 1 saturated heterocycles. The van der Waals surface area contributed by atoms with Crippen LogP contribution in [0.2, 0.25) is 0 Å². The summed E-state index contributed by atoms with van der Waals surface area (Å²) in [7, 11) is 0. The van der Waals surface area contributed by atoms with E-state index in [1.807, 2.05) is 0 Å². The average molecular weight is 239 g/mol. The third-order valence-corrected chi connectivity index (χ3v) is 3.25. The first kappa shape index (κ1) is 12.5. The number of nitrogens with one attached hydrogen (secondary N) is 1. The van der Waals surface area contributed by atoms with Gasteiger partial charge in [-0.25, -0.2) is 0 Å². The van der Waals surface area contributed by atoms with E-state index in [2.05, 4.69) is 29.3 Å². The van der Waals surface area contributed by atoms with Crippen LogP contribution in [0.1, 0.15) is 32.5 Å². The van der Waals surface area contributed by atoms with Crippen molar-refractivity contribution in [3.63, 3.8) is 0 Å². The SMILES string of the molecule is CC(C)C1CC(NCCc2ncon2)CCO1. The summed E-state index contributed by atoms with van der Waals surface area (Å²) in [5, 5.41) is 7.33. The molecule has 5 heteroatoms. The van der Waals surface area contributed by atoms with Gasteiger partial charge in [-0.3, -0.25) is 0 Å². The molecule has 1 aliphatic rings. The van der Waals surface area contributed by atoms with Gasteiger partial charge in [0.1, 0.15) is 0 Å². The Bertz CT molecular complexity index is 314. The Morgan fingerprint density at radius 3 is 3.12 bits per heavy atom. The first-order chi connectivity index (χ1) is 8.25. The van der Waals surface area contributed by atoms with Crippen LogP contribution in [0.3, 0.4) is 0 Å². The van der Waals surface area contributed by atoms with E-state index in [1.54, 1.807) is 0 Å². The van der Waals surface area contributed by atoms with Crippen molar-refractivity contribution in [2.45, 2.75) is 45.3 Å². The molecule has 1 aliphatic heterocycles. The maximum atomic E-state index is 5.74. The summed E-state index contributed by atoms with van der Waals surface area (Å²) in [4.78, 5) is 4.00. The van der Waals surface area contributed by atoms with Gasteiger partial charge >= 0.3 is 0 Å². The summed E-state index contributed by atoms with van der Waals surface area (Å²) >= 11 is 0. The topological polar surface area (TPSA) is 60.2 Å². The number of ether oxygens (including phenoxy) is 1. The Morgan fingerprint density at radius 1 is 1.53 bits per heavy atom. The number of nitrogens with zero attached hydrogens (tertiary/aromatic N) is 2. The van der Waals surface area contributed by atoms with Gasteiger partial charge in [0.05, 0.1) is 6.10 Å². The van der Waals surface area contributed by atoms with Crippen molar-refractivity contribution >= 4 is 0 Å². The third kappa shape index (κ3) is 3.78. The predicted octanol–water partition coefficient (Wildman–Crippen LogP) is 1.41. The summed E-state index contributed by atoms with van der Waals surface area (Å²) < 4.78 is 10.4. The Labute approximate surface area is 102 Å². The van der Waals surface area contributed by atoms with Crippen LogP contribution in [-0.4, -0.2) is 35.4 Å². The van der Waals surface area contributed by atoms with E-state index >= 15 is 0 Å². The van der Waals surface area contributed by atoms with Crippen LogP contribution in [0, 0.1) is 5.92 Å². The summed E-state index contributed by atoms with van der Waals surface area (Å²) in [6.45, 7) is 6.19. The Kier molecular flexibility index (Phi) is 4.50. The van der Waals surface area contributed by atoms with Gasteiger partial charge < -0.3 is 14.6 Å². The van der Waals surface area contributed by atoms with E-state index < -0.39 is 0 Å². The van der Waals surface area contributed by atoms with Crippen LogP contribution in [0.5, 0.6) is 0 Å². The molecule has 2 atom stereocenters. The van der Waals surface area contributed by atoms with Gasteiger partial charge in [-0.15, -0.1) is 0 Å². The molecule has 17 heavy (non-hydrogen) atoms. The van der Waals surface area contributed by atoms with Gasteiger partial charge in [0, 0.05) is 25.6 Å². The lowest BCUT2D eigenvalue weighted by Gasteiger charge is -2.32. The van der Waals surface area contributed by atoms with Crippen LogP contribution in [0.25, 0.3) is 0 Å². The molecule has 2 heterocycles. The maximum absolute atomic E-state index is 5.74. The van der Waals surface area contributed by atoms with Crippen LogP contribution in [-0.2, 0) is 11.2 Å². The van der Waals surface area contributed by atoms with E-state index in [4.69, 9.17) is 9.26 Å². The third-order valence-electron chi connectivity index (χ3n) is 3.25. The van der Waals surface area contributed by atoms with Crippen LogP contribution in [0.4, 0.5) is 0 Å². The van der Waals surface area contributed by atoms with E-state index in [1.165, 1.54) is 6.39 Å². The Morgan fingerprint density at radius 2 is 2.41 bits per heavy atom. The van der Waals surface area contributed by atoms with Crippen molar-refractivity contribution in [2.24, 2.45) is 5.92 Å². The fourth-order valence-corrected chi connectivity index (χ4v) is 2.17. The van der Waals surface area contributed by atoms with Crippen molar-refractivity contribution in [3.8, 4) is 0 Å². The lowest BCUT2D eigenvalue weighted by molar-refractivity contribution is -0.0242. The first-order valence-corrected chi connectivity index (χ1v) is 6.36. The van der Waals surface area contributed by atoms with Crippen LogP contribution < -0.4 is 5.32 Å². The molecule has 0 aromatic carbocycles. The zero-order valence-corrected chi connectivity index (χ0v) is 10.6. The fourth-order valence-electron chi connectivity index (χ4n) is 2.17. The summed E-state index contributed by atoms with van der Waals surface area (Å²) in [5.41, 5.74) is 0. The second-order valence-electron chi connectivity index (χ2n) is 4.93. The second-order valence-corrected chi connectivity index (χ2v) is 4.93. The molecule has 1 fully saturated rings. The van der Waals surface area contributed by atoms with Crippen molar-refractivity contribution in [1.29, 1.82) is 0 Å². The smallest absolute Gasteiger partial charge is 0.213 e. The van der Waals surface area contributed by atoms with Gasteiger partial charge in [0.25, 0.3) is 0 Å². The standard InChI is InChI=1S/C12H21N3O2/c1-9(2)11-7-10(4-6-16-11)13-5-3-12-14-8-17-15-12/h8-11,13H,3-7H2,1-2H3. The molecule has 1 aromatic rings. The van der Waals surface area contributed by atoms with Gasteiger partial charge in [-0.05, 0) is 18.8 Å². The van der Waals surface area contributed by atoms with E-state index in [9.17, 15) is 0 Å². The molecular formula is C12H21N3O2. The average Bonchev–Trinajstić information content (AvgIpc) is 2.82. The normalized spacial score (nSPS) is 25.4. The molecule has 0 bridgehead atoms. The highest BCUT2D eigenvalue weighted by molar-refractivity contribution is 4.82. The highest BCUT2D eigenvalue weighted by Crippen LogP contribution is 2.19. The lowest BCUT2D eigenvalue weighted by Crippen LogP contribution is -2.41. The number of rotatable bonds is 5. The van der Waals surface area contributed by atoms with Gasteiger partial charge in [-0.2, -0.15) is 4.98 Å². The Hall–Kier alpha value is -0.940. The highest BCUT2D eigenvalue weighted by atomic mass is 16.5. The van der Waals surface area contributed by atoms with Crippen LogP contribution in [0.15, 0.2) is 10.9 Å². The number of aromatic nitrogens is 2. The molecule has 2 rings (SSSR count). The molecule has 1 aromatic heterocycles. The molecule has 0 amide bonds. The Balaban J connectivity index is 1.68. The molecule has 5 nitrogen and oxygen atoms in total. The molecule has 0 saturated carbocycles. The minimum Gasteiger partial charge on any atom is -0.378 e. The zero-order valence-electron chi connectivity index (χ0n) is 10.6. The minimum absolute atomic E-state index is 0.395. The fraction of sp³-hybridized carbons (Fsp3) is 0.833. The van der Waals surface area contributed by atoms with Crippen molar-refractivity contribution < 1.29 is 9.26 Å². The van der Waals surface area contributed by atoms with Crippen molar-refractivity contribution in [2.75, 3.05) is 13.2 Å². The minimum atomic E-state index is 0.395. The quantitative estimate of drug-likeness (QED) is 0.841. The second kappa shape index (κ2) is 6.12. The predicted molar refractivity (Wildman–Crippen MR) is 63.6 cm³/mol. The van der Waals surface area contributed by atoms with Gasteiger partial charge in [-0.1, -0.05) is 19.0 Å². The molecule has 1 N–H and O–H groups in total. The molecule has 2 unspecified atom stereocenters. The maximum Gasteiger partial charge on any atom is 0.213 e. The zero-order chi connectivity index (χ0) is 12.1. The number of hydrogen-bond acceptors (Lipinski definition) is 5. The lowest BCUT2D eigenvalue weighted by atomic mass is 9.95. The molecule has 0 spiro atoms. The molecular weight excluding hydrogens is 218 g/mol. The first-order valence-electron chi connectivity index (χ1n) is 6.36. The summed E-state index contributed by atoms with van der Waals surface area (Å²) in [6, 6.07) is 0.558. The molecule has 0 aliphatic carbocycles. The molecule has 0 radical (unpaired) electrons. The molecule has 96 valence electrons. The van der Waals surface area contributed by atoms with Gasteiger partial charge in [0.2, 0.25) is 6.39 Å². The van der Waals surface area contributed by atoms with E-state index in [-0.39, 0.29) is 0 Å². The van der Waals surface area contributed by atoms with E-state index in [0.29, 0.717) is 18.1 Å². The van der Waals surface area contributed by atoms with Crippen LogP contribution >= 0.6 is 0 Å². The summed E-state index contributed by atoms with van der Waals surface area (Å²) in [5.74, 6) is 1.36. The van der Waals surface area contributed by atoms with Crippen molar-refractivity contribution in [3.05, 3.63) is 12.2 Å². The van der Waals surface area contributed by atoms with Gasteiger partial charge in [0.15, 0.2) is 5.82 Å². The number of hydrogen-bond donors (Lipinski definition) is 1. The van der Waals surface area contributed by atoms with Crippen molar-refractivity contribution in [1.82, 2.24) is 15.5 Å². The van der Waals surface area contributed by atoms with E-state index in [0.717, 1.165) is 38.2 Å². The monoisotopic (exact) mass is 239 g/mol. The largest absolute Gasteiger partial charge is 0.378 e.